The Balaban J connectivity index is 1.31. The highest BCUT2D eigenvalue weighted by Crippen LogP contribution is 2.36. The number of carbonyl (C=O) groups is 1. The van der Waals surface area contributed by atoms with E-state index in [2.05, 4.69) is 20.0 Å². The molecule has 1 aliphatic heterocycles. The first-order chi connectivity index (χ1) is 19.1. The number of nitrogens with one attached hydrogen (secondary N) is 2. The Morgan fingerprint density at radius 1 is 0.950 bits per heavy atom. The zero-order chi connectivity index (χ0) is 28.3. The molecule has 0 aliphatic carbocycles. The van der Waals surface area contributed by atoms with Gasteiger partial charge in [-0.2, -0.15) is 0 Å². The summed E-state index contributed by atoms with van der Waals surface area (Å²) in [6.07, 6.45) is 0.294. The molecule has 1 amide bonds. The molecule has 1 aromatic heterocycles. The molecule has 0 unspecified atom stereocenters. The molecule has 0 saturated carbocycles. The van der Waals surface area contributed by atoms with Gasteiger partial charge < -0.3 is 10.1 Å². The average molecular weight is 580 g/mol. The molecule has 0 saturated heterocycles. The monoisotopic (exact) mass is 579 g/mol. The number of nitrogens with zero attached hydrogens (tertiary/aromatic N) is 3. The smallest absolute Gasteiger partial charge is 0.267 e. The molecule has 2 heterocycles. The van der Waals surface area contributed by atoms with E-state index < -0.39 is 32.1 Å². The lowest BCUT2D eigenvalue weighted by Gasteiger charge is -2.34. The maximum Gasteiger partial charge on any atom is 0.267 e. The molecule has 1 atom stereocenters. The van der Waals surface area contributed by atoms with Gasteiger partial charge >= 0.3 is 0 Å². The van der Waals surface area contributed by atoms with Crippen LogP contribution >= 0.6 is 0 Å². The zero-order valence-electron chi connectivity index (χ0n) is 21.3. The molecule has 0 bridgehead atoms. The van der Waals surface area contributed by atoms with Crippen molar-refractivity contribution >= 4 is 43.3 Å². The standard InChI is InChI=1S/C27H25N5O6S2/c1-19-15-16-28-27(29-19)31-40(36,37)22-13-11-21(12-14-22)30-26(33)25-17-32(23-9-5-6-10-24(23)38-25)39(34,35)18-20-7-3-2-4-8-20/h2-16,25H,17-18H2,1H3,(H,30,33)(H,28,29,31)/t25-/m0/s1. The first-order valence-electron chi connectivity index (χ1n) is 12.1. The SMILES string of the molecule is Cc1ccnc(NS(=O)(=O)c2ccc(NC(=O)[C@@H]3CN(S(=O)(=O)Cc4ccccc4)c4ccccc4O3)cc2)n1. The summed E-state index contributed by atoms with van der Waals surface area (Å²) in [5.74, 6) is -0.625. The van der Waals surface area contributed by atoms with Gasteiger partial charge in [0.05, 0.1) is 22.9 Å². The summed E-state index contributed by atoms with van der Waals surface area (Å²) in [7, 11) is -7.81. The van der Waals surface area contributed by atoms with E-state index in [1.165, 1.54) is 34.8 Å². The Labute approximate surface area is 232 Å². The molecule has 40 heavy (non-hydrogen) atoms. The molecule has 5 rings (SSSR count). The first-order valence-corrected chi connectivity index (χ1v) is 15.2. The lowest BCUT2D eigenvalue weighted by molar-refractivity contribution is -0.122. The summed E-state index contributed by atoms with van der Waals surface area (Å²) < 4.78 is 61.6. The first kappa shape index (κ1) is 27.1. The second-order valence-electron chi connectivity index (χ2n) is 8.99. The van der Waals surface area contributed by atoms with Gasteiger partial charge in [-0.25, -0.2) is 31.5 Å². The van der Waals surface area contributed by atoms with Gasteiger partial charge in [-0.1, -0.05) is 42.5 Å². The molecule has 0 radical (unpaired) electrons. The number of aromatic nitrogens is 2. The second kappa shape index (κ2) is 10.9. The number of anilines is 3. The number of rotatable bonds is 8. The van der Waals surface area contributed by atoms with Crippen molar-refractivity contribution in [3.63, 3.8) is 0 Å². The third kappa shape index (κ3) is 6.05. The highest BCUT2D eigenvalue weighted by atomic mass is 32.2. The van der Waals surface area contributed by atoms with Gasteiger partial charge in [0.25, 0.3) is 15.9 Å². The predicted octanol–water partition coefficient (Wildman–Crippen LogP) is 3.32. The number of amides is 1. The van der Waals surface area contributed by atoms with Gasteiger partial charge in [0.15, 0.2) is 6.10 Å². The molecule has 0 spiro atoms. The summed E-state index contributed by atoms with van der Waals surface area (Å²) in [4.78, 5) is 21.0. The van der Waals surface area contributed by atoms with E-state index in [0.29, 0.717) is 22.6 Å². The number of ether oxygens (including phenoxy) is 1. The van der Waals surface area contributed by atoms with E-state index in [9.17, 15) is 21.6 Å². The number of hydrogen-bond acceptors (Lipinski definition) is 8. The van der Waals surface area contributed by atoms with E-state index in [1.54, 1.807) is 67.6 Å². The van der Waals surface area contributed by atoms with Gasteiger partial charge in [0, 0.05) is 17.6 Å². The molecular weight excluding hydrogens is 554 g/mol. The summed E-state index contributed by atoms with van der Waals surface area (Å²) >= 11 is 0. The molecular formula is C27H25N5O6S2. The minimum Gasteiger partial charge on any atom is -0.476 e. The van der Waals surface area contributed by atoms with Crippen LogP contribution in [0.2, 0.25) is 0 Å². The van der Waals surface area contributed by atoms with Gasteiger partial charge in [0.1, 0.15) is 5.75 Å². The molecule has 11 nitrogen and oxygen atoms in total. The van der Waals surface area contributed by atoms with Crippen molar-refractivity contribution in [1.82, 2.24) is 9.97 Å². The van der Waals surface area contributed by atoms with Crippen LogP contribution in [0.4, 0.5) is 17.3 Å². The Kier molecular flexibility index (Phi) is 7.41. The van der Waals surface area contributed by atoms with E-state index in [-0.39, 0.29) is 28.9 Å². The molecule has 3 aromatic carbocycles. The predicted molar refractivity (Wildman–Crippen MR) is 150 cm³/mol. The van der Waals surface area contributed by atoms with Crippen LogP contribution in [0.5, 0.6) is 5.75 Å². The van der Waals surface area contributed by atoms with Crippen molar-refractivity contribution in [3.05, 3.63) is 102 Å². The molecule has 2 N–H and O–H groups in total. The van der Waals surface area contributed by atoms with Gasteiger partial charge in [-0.15, -0.1) is 0 Å². The third-order valence-electron chi connectivity index (χ3n) is 6.01. The van der Waals surface area contributed by atoms with Crippen LogP contribution < -0.4 is 19.1 Å². The van der Waals surface area contributed by atoms with Gasteiger partial charge in [-0.3, -0.25) is 9.10 Å². The Morgan fingerprint density at radius 3 is 2.38 bits per heavy atom. The zero-order valence-corrected chi connectivity index (χ0v) is 22.9. The van der Waals surface area contributed by atoms with Crippen LogP contribution in [-0.4, -0.2) is 45.4 Å². The third-order valence-corrected chi connectivity index (χ3v) is 9.07. The van der Waals surface area contributed by atoms with Crippen LogP contribution in [0.1, 0.15) is 11.3 Å². The summed E-state index contributed by atoms with van der Waals surface area (Å²) in [5.41, 5.74) is 1.87. The maximum atomic E-state index is 13.4. The van der Waals surface area contributed by atoms with Gasteiger partial charge in [0.2, 0.25) is 16.0 Å². The largest absolute Gasteiger partial charge is 0.476 e. The number of carbonyl (C=O) groups excluding carboxylic acids is 1. The van der Waals surface area contributed by atoms with E-state index in [4.69, 9.17) is 4.74 Å². The quantitative estimate of drug-likeness (QED) is 0.323. The van der Waals surface area contributed by atoms with Crippen molar-refractivity contribution in [2.45, 2.75) is 23.7 Å². The van der Waals surface area contributed by atoms with Crippen LogP contribution in [-0.2, 0) is 30.6 Å². The van der Waals surface area contributed by atoms with Crippen LogP contribution in [0.25, 0.3) is 0 Å². The van der Waals surface area contributed by atoms with Crippen molar-refractivity contribution < 1.29 is 26.4 Å². The Morgan fingerprint density at radius 2 is 1.65 bits per heavy atom. The fraction of sp³-hybridized carbons (Fsp3) is 0.148. The van der Waals surface area contributed by atoms with E-state index in [1.807, 2.05) is 0 Å². The lowest BCUT2D eigenvalue weighted by Crippen LogP contribution is -2.49. The van der Waals surface area contributed by atoms with Gasteiger partial charge in [-0.05, 0) is 55.0 Å². The van der Waals surface area contributed by atoms with Crippen molar-refractivity contribution in [2.24, 2.45) is 0 Å². The minimum atomic E-state index is -3.96. The van der Waals surface area contributed by atoms with E-state index in [0.717, 1.165) is 0 Å². The number of benzene rings is 3. The summed E-state index contributed by atoms with van der Waals surface area (Å²) in [6.45, 7) is 1.48. The number of hydrogen-bond donors (Lipinski definition) is 2. The topological polar surface area (TPSA) is 148 Å². The molecule has 13 heteroatoms. The molecule has 0 fully saturated rings. The fourth-order valence-electron chi connectivity index (χ4n) is 4.08. The highest BCUT2D eigenvalue weighted by molar-refractivity contribution is 7.92. The summed E-state index contributed by atoms with van der Waals surface area (Å²) in [5, 5.41) is 2.67. The number of aryl methyl sites for hydroxylation is 1. The lowest BCUT2D eigenvalue weighted by atomic mass is 10.2. The Hall–Kier alpha value is -4.49. The van der Waals surface area contributed by atoms with E-state index >= 15 is 0 Å². The molecule has 206 valence electrons. The van der Waals surface area contributed by atoms with Crippen molar-refractivity contribution in [2.75, 3.05) is 20.9 Å². The van der Waals surface area contributed by atoms with Crippen LogP contribution in [0, 0.1) is 6.92 Å². The average Bonchev–Trinajstić information content (AvgIpc) is 2.93. The second-order valence-corrected chi connectivity index (χ2v) is 12.6. The normalized spacial score (nSPS) is 15.0. The Bertz CT molecular complexity index is 1750. The number of para-hydroxylation sites is 2. The van der Waals surface area contributed by atoms with Crippen molar-refractivity contribution in [1.29, 1.82) is 0 Å². The van der Waals surface area contributed by atoms with Crippen LogP contribution in [0.15, 0.2) is 96.0 Å². The minimum absolute atomic E-state index is 0.0566. The number of sulfonamides is 2. The molecule has 1 aliphatic rings. The molecule has 4 aromatic rings. The highest BCUT2D eigenvalue weighted by Gasteiger charge is 2.36. The van der Waals surface area contributed by atoms with Crippen LogP contribution in [0.3, 0.4) is 0 Å². The van der Waals surface area contributed by atoms with Crippen molar-refractivity contribution in [3.8, 4) is 5.75 Å². The number of fused-ring (bicyclic) bond motifs is 1. The summed E-state index contributed by atoms with van der Waals surface area (Å²) in [6, 6.07) is 22.5. The maximum absolute atomic E-state index is 13.4. The fourth-order valence-corrected chi connectivity index (χ4v) is 6.62.